The van der Waals surface area contributed by atoms with Gasteiger partial charge in [-0.25, -0.2) is 4.98 Å². The first-order chi connectivity index (χ1) is 8.54. The number of hydrogen-bond acceptors (Lipinski definition) is 4. The zero-order valence-corrected chi connectivity index (χ0v) is 12.5. The van der Waals surface area contributed by atoms with E-state index < -0.39 is 0 Å². The summed E-state index contributed by atoms with van der Waals surface area (Å²) < 4.78 is 1.72. The molecule has 102 valence electrons. The van der Waals surface area contributed by atoms with Crippen molar-refractivity contribution in [2.45, 2.75) is 39.8 Å². The van der Waals surface area contributed by atoms with E-state index in [9.17, 15) is 4.79 Å². The summed E-state index contributed by atoms with van der Waals surface area (Å²) in [7, 11) is 0. The van der Waals surface area contributed by atoms with Crippen LogP contribution in [0, 0.1) is 5.92 Å². The molecule has 0 aliphatic carbocycles. The highest BCUT2D eigenvalue weighted by Gasteiger charge is 2.08. The monoisotopic (exact) mass is 269 g/mol. The maximum Gasteiger partial charge on any atom is 0.293 e. The molecule has 1 aromatic heterocycles. The van der Waals surface area contributed by atoms with Crippen molar-refractivity contribution in [2.24, 2.45) is 5.92 Å². The van der Waals surface area contributed by atoms with E-state index in [1.807, 2.05) is 11.8 Å². The van der Waals surface area contributed by atoms with Crippen LogP contribution in [-0.2, 0) is 6.54 Å². The quantitative estimate of drug-likeness (QED) is 0.826. The van der Waals surface area contributed by atoms with Crippen LogP contribution >= 0.6 is 11.8 Å². The molecule has 0 saturated heterocycles. The molecule has 0 fully saturated rings. The molecule has 5 heteroatoms. The largest absolute Gasteiger partial charge is 0.363 e. The van der Waals surface area contributed by atoms with Crippen molar-refractivity contribution in [1.29, 1.82) is 0 Å². The smallest absolute Gasteiger partial charge is 0.293 e. The molecule has 1 rings (SSSR count). The molecule has 1 aromatic rings. The Labute approximate surface area is 113 Å². The summed E-state index contributed by atoms with van der Waals surface area (Å²) in [5.74, 6) is 2.00. The maximum absolute atomic E-state index is 12.1. The van der Waals surface area contributed by atoms with Gasteiger partial charge in [-0.1, -0.05) is 13.8 Å². The van der Waals surface area contributed by atoms with Crippen molar-refractivity contribution in [3.05, 3.63) is 22.7 Å². The third-order valence-electron chi connectivity index (χ3n) is 2.61. The van der Waals surface area contributed by atoms with Gasteiger partial charge in [-0.3, -0.25) is 4.79 Å². The number of nitrogens with zero attached hydrogens (tertiary/aromatic N) is 2. The number of aromatic nitrogens is 2. The molecule has 0 amide bonds. The average Bonchev–Trinajstić information content (AvgIpc) is 2.31. The van der Waals surface area contributed by atoms with Crippen LogP contribution in [0.25, 0.3) is 0 Å². The molecule has 0 aliphatic heterocycles. The van der Waals surface area contributed by atoms with E-state index in [1.54, 1.807) is 17.0 Å². The van der Waals surface area contributed by atoms with Gasteiger partial charge in [0.15, 0.2) is 5.82 Å². The molecular formula is C13H23N3OS. The second-order valence-corrected chi connectivity index (χ2v) is 5.94. The Bertz CT molecular complexity index is 417. The molecule has 0 radical (unpaired) electrons. The van der Waals surface area contributed by atoms with Crippen LogP contribution in [0.15, 0.2) is 17.2 Å². The van der Waals surface area contributed by atoms with Gasteiger partial charge >= 0.3 is 0 Å². The Morgan fingerprint density at radius 2 is 2.17 bits per heavy atom. The van der Waals surface area contributed by atoms with Crippen LogP contribution in [0.1, 0.15) is 27.2 Å². The fourth-order valence-corrected chi connectivity index (χ4v) is 2.27. The van der Waals surface area contributed by atoms with E-state index >= 15 is 0 Å². The SMILES string of the molecule is CSCCC(C)Nc1nccn(CC(C)C)c1=O. The van der Waals surface area contributed by atoms with Gasteiger partial charge in [-0.15, -0.1) is 0 Å². The number of nitrogens with one attached hydrogen (secondary N) is 1. The molecule has 0 saturated carbocycles. The van der Waals surface area contributed by atoms with Crippen LogP contribution in [0.2, 0.25) is 0 Å². The summed E-state index contributed by atoms with van der Waals surface area (Å²) in [4.78, 5) is 16.3. The summed E-state index contributed by atoms with van der Waals surface area (Å²) in [6.45, 7) is 7.01. The van der Waals surface area contributed by atoms with Crippen molar-refractivity contribution in [3.8, 4) is 0 Å². The Hall–Kier alpha value is -0.970. The third-order valence-corrected chi connectivity index (χ3v) is 3.26. The van der Waals surface area contributed by atoms with Gasteiger partial charge in [0.05, 0.1) is 0 Å². The van der Waals surface area contributed by atoms with Crippen LogP contribution in [0.3, 0.4) is 0 Å². The van der Waals surface area contributed by atoms with E-state index in [2.05, 4.69) is 37.3 Å². The highest BCUT2D eigenvalue weighted by Crippen LogP contribution is 2.05. The van der Waals surface area contributed by atoms with E-state index in [4.69, 9.17) is 0 Å². The van der Waals surface area contributed by atoms with Crippen molar-refractivity contribution in [2.75, 3.05) is 17.3 Å². The Morgan fingerprint density at radius 3 is 2.78 bits per heavy atom. The van der Waals surface area contributed by atoms with Gasteiger partial charge in [0, 0.05) is 25.0 Å². The Balaban J connectivity index is 2.74. The number of rotatable bonds is 7. The molecule has 0 bridgehead atoms. The van der Waals surface area contributed by atoms with Gasteiger partial charge in [0.2, 0.25) is 0 Å². The lowest BCUT2D eigenvalue weighted by atomic mass is 10.2. The normalized spacial score (nSPS) is 12.7. The Morgan fingerprint density at radius 1 is 1.44 bits per heavy atom. The summed E-state index contributed by atoms with van der Waals surface area (Å²) in [6, 6.07) is 0.271. The molecule has 4 nitrogen and oxygen atoms in total. The van der Waals surface area contributed by atoms with Gasteiger partial charge in [0.1, 0.15) is 0 Å². The molecule has 1 N–H and O–H groups in total. The first-order valence-electron chi connectivity index (χ1n) is 6.35. The zero-order chi connectivity index (χ0) is 13.5. The lowest BCUT2D eigenvalue weighted by molar-refractivity contribution is 0.509. The predicted molar refractivity (Wildman–Crippen MR) is 79.4 cm³/mol. The highest BCUT2D eigenvalue weighted by molar-refractivity contribution is 7.98. The fraction of sp³-hybridized carbons (Fsp3) is 0.692. The third kappa shape index (κ3) is 4.72. The molecule has 0 aliphatic rings. The molecule has 1 atom stereocenters. The Kier molecular flexibility index (Phi) is 6.25. The van der Waals surface area contributed by atoms with Crippen LogP contribution < -0.4 is 10.9 Å². The highest BCUT2D eigenvalue weighted by atomic mass is 32.2. The second kappa shape index (κ2) is 7.46. The van der Waals surface area contributed by atoms with Gasteiger partial charge in [-0.2, -0.15) is 11.8 Å². The minimum atomic E-state index is -0.0257. The molecule has 1 unspecified atom stereocenters. The average molecular weight is 269 g/mol. The lowest BCUT2D eigenvalue weighted by Gasteiger charge is -2.15. The maximum atomic E-state index is 12.1. The fourth-order valence-electron chi connectivity index (χ4n) is 1.68. The van der Waals surface area contributed by atoms with Gasteiger partial charge < -0.3 is 9.88 Å². The second-order valence-electron chi connectivity index (χ2n) is 4.95. The minimum absolute atomic E-state index is 0.0257. The zero-order valence-electron chi connectivity index (χ0n) is 11.6. The van der Waals surface area contributed by atoms with Crippen LogP contribution in [0.4, 0.5) is 5.82 Å². The number of hydrogen-bond donors (Lipinski definition) is 1. The molecular weight excluding hydrogens is 246 g/mol. The van der Waals surface area contributed by atoms with Crippen molar-refractivity contribution in [3.63, 3.8) is 0 Å². The van der Waals surface area contributed by atoms with Crippen molar-refractivity contribution >= 4 is 17.6 Å². The summed E-state index contributed by atoms with van der Waals surface area (Å²) >= 11 is 1.81. The predicted octanol–water partition coefficient (Wildman–Crippen LogP) is 2.45. The van der Waals surface area contributed by atoms with Crippen molar-refractivity contribution < 1.29 is 0 Å². The first-order valence-corrected chi connectivity index (χ1v) is 7.75. The number of anilines is 1. The summed E-state index contributed by atoms with van der Waals surface area (Å²) in [5.41, 5.74) is -0.0257. The summed E-state index contributed by atoms with van der Waals surface area (Å²) in [5, 5.41) is 3.20. The molecule has 18 heavy (non-hydrogen) atoms. The van der Waals surface area contributed by atoms with Gasteiger partial charge in [0.25, 0.3) is 5.56 Å². The van der Waals surface area contributed by atoms with Crippen LogP contribution in [0.5, 0.6) is 0 Å². The molecule has 0 spiro atoms. The minimum Gasteiger partial charge on any atom is -0.363 e. The molecule has 1 heterocycles. The summed E-state index contributed by atoms with van der Waals surface area (Å²) in [6.07, 6.45) is 6.55. The number of thioether (sulfide) groups is 1. The van der Waals surface area contributed by atoms with E-state index in [-0.39, 0.29) is 11.6 Å². The van der Waals surface area contributed by atoms with E-state index in [0.29, 0.717) is 11.7 Å². The van der Waals surface area contributed by atoms with E-state index in [1.165, 1.54) is 0 Å². The molecule has 0 aromatic carbocycles. The standard InChI is InChI=1S/C13H23N3OS/c1-10(2)9-16-7-6-14-12(13(16)17)15-11(3)5-8-18-4/h6-7,10-11H,5,8-9H2,1-4H3,(H,14,15). The first kappa shape index (κ1) is 15.1. The lowest BCUT2D eigenvalue weighted by Crippen LogP contribution is -2.29. The van der Waals surface area contributed by atoms with Crippen LogP contribution in [-0.4, -0.2) is 27.6 Å². The van der Waals surface area contributed by atoms with Gasteiger partial charge in [-0.05, 0) is 31.3 Å². The topological polar surface area (TPSA) is 46.9 Å². The van der Waals surface area contributed by atoms with Crippen molar-refractivity contribution in [1.82, 2.24) is 9.55 Å². The van der Waals surface area contributed by atoms with E-state index in [0.717, 1.165) is 18.7 Å².